The third kappa shape index (κ3) is 4.17. The number of nitrogens with zero attached hydrogens (tertiary/aromatic N) is 2. The molecule has 1 N–H and O–H groups in total. The molecule has 1 heterocycles. The molecule has 0 aliphatic carbocycles. The Labute approximate surface area is 154 Å². The van der Waals surface area contributed by atoms with Crippen LogP contribution in [0.4, 0.5) is 15.8 Å². The first-order valence-corrected chi connectivity index (χ1v) is 8.19. The molecule has 0 spiro atoms. The molecule has 0 saturated heterocycles. The molecule has 7 nitrogen and oxygen atoms in total. The van der Waals surface area contributed by atoms with Gasteiger partial charge in [0, 0.05) is 18.9 Å². The highest BCUT2D eigenvalue weighted by Crippen LogP contribution is 2.26. The summed E-state index contributed by atoms with van der Waals surface area (Å²) in [5, 5.41) is 13.6. The number of oxazole rings is 1. The molecule has 27 heavy (non-hydrogen) atoms. The van der Waals surface area contributed by atoms with Gasteiger partial charge in [0.05, 0.1) is 27.9 Å². The van der Waals surface area contributed by atoms with Crippen LogP contribution < -0.4 is 5.32 Å². The van der Waals surface area contributed by atoms with Crippen LogP contribution in [0, 0.1) is 22.9 Å². The molecule has 8 heteroatoms. The molecule has 3 rings (SSSR count). The van der Waals surface area contributed by atoms with Gasteiger partial charge in [0.1, 0.15) is 5.82 Å². The van der Waals surface area contributed by atoms with E-state index in [9.17, 15) is 19.3 Å². The fourth-order valence-electron chi connectivity index (χ4n) is 2.60. The number of nitro groups is 1. The molecule has 0 unspecified atom stereocenters. The van der Waals surface area contributed by atoms with Crippen molar-refractivity contribution in [2.24, 2.45) is 0 Å². The van der Waals surface area contributed by atoms with E-state index in [1.165, 1.54) is 24.4 Å². The Kier molecular flexibility index (Phi) is 5.25. The number of hydrogen-bond donors (Lipinski definition) is 1. The second kappa shape index (κ2) is 7.77. The zero-order chi connectivity index (χ0) is 19.4. The number of nitro benzene ring substituents is 1. The Bertz CT molecular complexity index is 1000. The number of anilines is 1. The smallest absolute Gasteiger partial charge is 0.274 e. The van der Waals surface area contributed by atoms with Crippen molar-refractivity contribution in [3.05, 3.63) is 76.0 Å². The number of rotatable bonds is 6. The van der Waals surface area contributed by atoms with Gasteiger partial charge in [0.15, 0.2) is 11.7 Å². The molecular formula is C19H16FN3O4. The van der Waals surface area contributed by atoms with Gasteiger partial charge in [-0.3, -0.25) is 14.9 Å². The summed E-state index contributed by atoms with van der Waals surface area (Å²) in [5.74, 6) is -0.152. The first-order chi connectivity index (χ1) is 13.0. The zero-order valence-corrected chi connectivity index (χ0v) is 14.4. The summed E-state index contributed by atoms with van der Waals surface area (Å²) in [7, 11) is 0. The van der Waals surface area contributed by atoms with Crippen LogP contribution in [-0.4, -0.2) is 15.8 Å². The average Bonchev–Trinajstić information content (AvgIpc) is 3.10. The lowest BCUT2D eigenvalue weighted by Gasteiger charge is -2.08. The molecule has 0 bridgehead atoms. The third-order valence-electron chi connectivity index (χ3n) is 4.03. The standard InChI is InChI=1S/C19H16FN3O4/c1-12-15(7-4-8-16(12)23(25)26)22-18(24)9-10-19-21-11-17(27-19)13-5-2-3-6-14(13)20/h2-8,11H,9-10H2,1H3,(H,22,24). The maximum absolute atomic E-state index is 13.8. The van der Waals surface area contributed by atoms with E-state index in [1.54, 1.807) is 31.2 Å². The lowest BCUT2D eigenvalue weighted by atomic mass is 10.1. The highest BCUT2D eigenvalue weighted by atomic mass is 19.1. The van der Waals surface area contributed by atoms with E-state index in [4.69, 9.17) is 4.42 Å². The Balaban J connectivity index is 1.63. The van der Waals surface area contributed by atoms with Crippen molar-refractivity contribution in [1.82, 2.24) is 4.98 Å². The number of nitrogens with one attached hydrogen (secondary N) is 1. The van der Waals surface area contributed by atoms with Gasteiger partial charge < -0.3 is 9.73 Å². The van der Waals surface area contributed by atoms with Crippen LogP contribution in [-0.2, 0) is 11.2 Å². The van der Waals surface area contributed by atoms with Crippen LogP contribution in [0.2, 0.25) is 0 Å². The quantitative estimate of drug-likeness (QED) is 0.517. The first kappa shape index (κ1) is 18.2. The largest absolute Gasteiger partial charge is 0.441 e. The van der Waals surface area contributed by atoms with Crippen molar-refractivity contribution >= 4 is 17.3 Å². The number of halogens is 1. The monoisotopic (exact) mass is 369 g/mol. The predicted molar refractivity (Wildman–Crippen MR) is 96.7 cm³/mol. The molecule has 3 aromatic rings. The van der Waals surface area contributed by atoms with Gasteiger partial charge in [-0.2, -0.15) is 0 Å². The highest BCUT2D eigenvalue weighted by molar-refractivity contribution is 5.92. The number of aryl methyl sites for hydroxylation is 1. The first-order valence-electron chi connectivity index (χ1n) is 8.19. The summed E-state index contributed by atoms with van der Waals surface area (Å²) in [6.45, 7) is 1.57. The fourth-order valence-corrected chi connectivity index (χ4v) is 2.60. The van der Waals surface area contributed by atoms with Crippen LogP contribution in [0.1, 0.15) is 17.9 Å². The van der Waals surface area contributed by atoms with Gasteiger partial charge in [0.2, 0.25) is 5.91 Å². The van der Waals surface area contributed by atoms with E-state index in [1.807, 2.05) is 0 Å². The van der Waals surface area contributed by atoms with Crippen molar-refractivity contribution in [3.8, 4) is 11.3 Å². The number of aromatic nitrogens is 1. The molecule has 1 amide bonds. The van der Waals surface area contributed by atoms with Gasteiger partial charge >= 0.3 is 0 Å². The Hall–Kier alpha value is -3.55. The molecule has 138 valence electrons. The maximum atomic E-state index is 13.8. The second-order valence-corrected chi connectivity index (χ2v) is 5.85. The minimum absolute atomic E-state index is 0.0602. The minimum atomic E-state index is -0.498. The lowest BCUT2D eigenvalue weighted by Crippen LogP contribution is -2.13. The van der Waals surface area contributed by atoms with Crippen LogP contribution in [0.5, 0.6) is 0 Å². The minimum Gasteiger partial charge on any atom is -0.441 e. The summed E-state index contributed by atoms with van der Waals surface area (Å²) < 4.78 is 19.3. The number of carbonyl (C=O) groups excluding carboxylic acids is 1. The summed E-state index contributed by atoms with van der Waals surface area (Å²) in [6, 6.07) is 10.7. The molecule has 0 radical (unpaired) electrons. The maximum Gasteiger partial charge on any atom is 0.274 e. The normalized spacial score (nSPS) is 10.6. The molecule has 0 aliphatic rings. The molecule has 0 fully saturated rings. The van der Waals surface area contributed by atoms with Crippen molar-refractivity contribution in [3.63, 3.8) is 0 Å². The van der Waals surface area contributed by atoms with E-state index >= 15 is 0 Å². The van der Waals surface area contributed by atoms with Crippen LogP contribution in [0.3, 0.4) is 0 Å². The Morgan fingerprint density at radius 1 is 1.26 bits per heavy atom. The number of amides is 1. The molecule has 1 aromatic heterocycles. The SMILES string of the molecule is Cc1c(NC(=O)CCc2ncc(-c3ccccc3F)o2)cccc1[N+](=O)[O-]. The fraction of sp³-hybridized carbons (Fsp3) is 0.158. The predicted octanol–water partition coefficient (Wildman–Crippen LogP) is 4.27. The Morgan fingerprint density at radius 2 is 2.04 bits per heavy atom. The van der Waals surface area contributed by atoms with Crippen LogP contribution in [0.15, 0.2) is 53.1 Å². The average molecular weight is 369 g/mol. The summed E-state index contributed by atoms with van der Waals surface area (Å²) >= 11 is 0. The zero-order valence-electron chi connectivity index (χ0n) is 14.4. The van der Waals surface area contributed by atoms with Gasteiger partial charge in [-0.15, -0.1) is 0 Å². The van der Waals surface area contributed by atoms with E-state index in [-0.39, 0.29) is 30.2 Å². The number of benzene rings is 2. The van der Waals surface area contributed by atoms with Crippen molar-refractivity contribution in [2.75, 3.05) is 5.32 Å². The van der Waals surface area contributed by atoms with E-state index < -0.39 is 10.7 Å². The van der Waals surface area contributed by atoms with E-state index in [0.29, 0.717) is 22.7 Å². The summed E-state index contributed by atoms with van der Waals surface area (Å²) in [5.41, 5.74) is 1.01. The molecule has 0 atom stereocenters. The number of hydrogen-bond acceptors (Lipinski definition) is 5. The van der Waals surface area contributed by atoms with Crippen molar-refractivity contribution in [1.29, 1.82) is 0 Å². The molecule has 0 aliphatic heterocycles. The number of carbonyl (C=O) groups is 1. The Morgan fingerprint density at radius 3 is 2.78 bits per heavy atom. The van der Waals surface area contributed by atoms with E-state index in [2.05, 4.69) is 10.3 Å². The summed E-state index contributed by atoms with van der Waals surface area (Å²) in [6.07, 6.45) is 1.70. The highest BCUT2D eigenvalue weighted by Gasteiger charge is 2.16. The van der Waals surface area contributed by atoms with Crippen molar-refractivity contribution < 1.29 is 18.5 Å². The topological polar surface area (TPSA) is 98.3 Å². The van der Waals surface area contributed by atoms with Gasteiger partial charge in [-0.05, 0) is 25.1 Å². The molecule has 2 aromatic carbocycles. The van der Waals surface area contributed by atoms with Gasteiger partial charge in [-0.1, -0.05) is 18.2 Å². The van der Waals surface area contributed by atoms with Crippen LogP contribution in [0.25, 0.3) is 11.3 Å². The second-order valence-electron chi connectivity index (χ2n) is 5.85. The van der Waals surface area contributed by atoms with Crippen molar-refractivity contribution in [2.45, 2.75) is 19.8 Å². The van der Waals surface area contributed by atoms with Gasteiger partial charge in [0.25, 0.3) is 5.69 Å². The van der Waals surface area contributed by atoms with Gasteiger partial charge in [-0.25, -0.2) is 9.37 Å². The third-order valence-corrected chi connectivity index (χ3v) is 4.03. The lowest BCUT2D eigenvalue weighted by molar-refractivity contribution is -0.385. The molecular weight excluding hydrogens is 353 g/mol. The van der Waals surface area contributed by atoms with E-state index in [0.717, 1.165) is 0 Å². The van der Waals surface area contributed by atoms with Crippen LogP contribution >= 0.6 is 0 Å². The summed E-state index contributed by atoms with van der Waals surface area (Å²) in [4.78, 5) is 26.7. The molecule has 0 saturated carbocycles.